The molecule has 8 nitrogen and oxygen atoms in total. The van der Waals surface area contributed by atoms with Crippen LogP contribution < -0.4 is 18.9 Å². The monoisotopic (exact) mass is 514 g/mol. The van der Waals surface area contributed by atoms with Crippen molar-refractivity contribution in [2.24, 2.45) is 0 Å². The van der Waals surface area contributed by atoms with E-state index in [1.54, 1.807) is 18.2 Å². The summed E-state index contributed by atoms with van der Waals surface area (Å²) in [7, 11) is 0. The number of ether oxygens (including phenoxy) is 4. The maximum Gasteiger partial charge on any atom is 0.338 e. The molecule has 194 valence electrons. The molecule has 0 saturated heterocycles. The number of fused-ring (bicyclic) bond motifs is 3. The van der Waals surface area contributed by atoms with Gasteiger partial charge in [0.15, 0.2) is 0 Å². The highest BCUT2D eigenvalue weighted by molar-refractivity contribution is 6.14. The number of esters is 4. The second-order valence-electron chi connectivity index (χ2n) is 8.78. The lowest BCUT2D eigenvalue weighted by molar-refractivity contribution is -0.131. The molecule has 3 rings (SSSR count). The van der Waals surface area contributed by atoms with Gasteiger partial charge in [-0.3, -0.25) is 0 Å². The number of carbonyl (C=O) groups excluding carboxylic acids is 4. The molecule has 0 bridgehead atoms. The van der Waals surface area contributed by atoms with Gasteiger partial charge in [-0.2, -0.15) is 0 Å². The van der Waals surface area contributed by atoms with Gasteiger partial charge in [0.1, 0.15) is 23.0 Å². The Balaban J connectivity index is 2.36. The van der Waals surface area contributed by atoms with Gasteiger partial charge in [0.05, 0.1) is 0 Å². The molecule has 3 aromatic rings. The molecule has 0 aromatic heterocycles. The smallest absolute Gasteiger partial charge is 0.338 e. The summed E-state index contributed by atoms with van der Waals surface area (Å²) < 4.78 is 21.9. The molecule has 0 amide bonds. The van der Waals surface area contributed by atoms with Crippen LogP contribution in [0, 0.1) is 0 Å². The van der Waals surface area contributed by atoms with Crippen LogP contribution in [-0.2, 0) is 19.2 Å². The molecule has 0 atom stereocenters. The summed E-state index contributed by atoms with van der Waals surface area (Å²) in [4.78, 5) is 49.2. The third-order valence-corrected chi connectivity index (χ3v) is 5.16. The van der Waals surface area contributed by atoms with E-state index in [0.29, 0.717) is 21.5 Å². The first-order chi connectivity index (χ1) is 17.8. The topological polar surface area (TPSA) is 105 Å². The molecule has 0 aliphatic carbocycles. The van der Waals surface area contributed by atoms with E-state index < -0.39 is 23.9 Å². The maximum absolute atomic E-state index is 12.5. The fourth-order valence-corrected chi connectivity index (χ4v) is 3.20. The van der Waals surface area contributed by atoms with Crippen LogP contribution >= 0.6 is 0 Å². The van der Waals surface area contributed by atoms with Gasteiger partial charge < -0.3 is 18.9 Å². The summed E-state index contributed by atoms with van der Waals surface area (Å²) in [6, 6.07) is 9.12. The molecular formula is C30H26O8. The lowest BCUT2D eigenvalue weighted by atomic mass is 9.99. The van der Waals surface area contributed by atoms with Gasteiger partial charge in [0, 0.05) is 39.1 Å². The van der Waals surface area contributed by atoms with E-state index in [0.717, 1.165) is 0 Å². The van der Waals surface area contributed by atoms with Crippen LogP contribution in [0.25, 0.3) is 21.5 Å². The molecule has 38 heavy (non-hydrogen) atoms. The average molecular weight is 515 g/mol. The molecule has 0 aliphatic heterocycles. The Labute approximate surface area is 219 Å². The van der Waals surface area contributed by atoms with E-state index in [2.05, 4.69) is 26.3 Å². The molecule has 0 N–H and O–H groups in total. The van der Waals surface area contributed by atoms with Crippen molar-refractivity contribution in [1.82, 2.24) is 0 Å². The molecule has 8 heteroatoms. The minimum absolute atomic E-state index is 0.0346. The number of benzene rings is 3. The third-order valence-electron chi connectivity index (χ3n) is 5.16. The van der Waals surface area contributed by atoms with Crippen molar-refractivity contribution >= 4 is 45.4 Å². The largest absolute Gasteiger partial charge is 0.423 e. The molecule has 0 unspecified atom stereocenters. The van der Waals surface area contributed by atoms with E-state index in [-0.39, 0.29) is 45.3 Å². The van der Waals surface area contributed by atoms with Crippen LogP contribution in [0.15, 0.2) is 85.0 Å². The van der Waals surface area contributed by atoms with Crippen LogP contribution in [0.4, 0.5) is 0 Å². The molecule has 0 heterocycles. The standard InChI is InChI=1S/C30H26O8/c1-15(2)27(31)35-19-9-10-21-22-12-20(36-28(32)16(3)4)13-25(37-29(33)17(5)6)24(22)14-26(23(21)11-19)38-30(34)18(7)8/h9-14H,1,3,5,7H2,2,4,6,8H3. The summed E-state index contributed by atoms with van der Waals surface area (Å²) in [5.74, 6) is -2.32. The van der Waals surface area contributed by atoms with Gasteiger partial charge in [-0.05, 0) is 68.8 Å². The molecular weight excluding hydrogens is 488 g/mol. The van der Waals surface area contributed by atoms with Crippen LogP contribution in [-0.4, -0.2) is 23.9 Å². The van der Waals surface area contributed by atoms with Gasteiger partial charge in [-0.1, -0.05) is 26.3 Å². The van der Waals surface area contributed by atoms with Crippen molar-refractivity contribution in [1.29, 1.82) is 0 Å². The van der Waals surface area contributed by atoms with E-state index in [4.69, 9.17) is 18.9 Å². The first-order valence-electron chi connectivity index (χ1n) is 11.3. The lowest BCUT2D eigenvalue weighted by Gasteiger charge is -2.16. The second kappa shape index (κ2) is 11.0. The Hall–Kier alpha value is -4.98. The number of hydrogen-bond acceptors (Lipinski definition) is 8. The van der Waals surface area contributed by atoms with E-state index in [9.17, 15) is 19.2 Å². The summed E-state index contributed by atoms with van der Waals surface area (Å²) in [5.41, 5.74) is 0.659. The van der Waals surface area contributed by atoms with Crippen LogP contribution in [0.5, 0.6) is 23.0 Å². The first-order valence-corrected chi connectivity index (χ1v) is 11.3. The van der Waals surface area contributed by atoms with Gasteiger partial charge >= 0.3 is 23.9 Å². The summed E-state index contributed by atoms with van der Waals surface area (Å²) in [6.07, 6.45) is 0. The Morgan fingerprint density at radius 2 is 0.868 bits per heavy atom. The molecule has 0 spiro atoms. The van der Waals surface area contributed by atoms with E-state index in [1.165, 1.54) is 45.9 Å². The highest BCUT2D eigenvalue weighted by atomic mass is 16.6. The zero-order valence-corrected chi connectivity index (χ0v) is 21.6. The third kappa shape index (κ3) is 6.04. The molecule has 0 fully saturated rings. The normalized spacial score (nSPS) is 10.4. The minimum atomic E-state index is -0.711. The fraction of sp³-hybridized carbons (Fsp3) is 0.133. The van der Waals surface area contributed by atoms with Crippen LogP contribution in [0.2, 0.25) is 0 Å². The summed E-state index contributed by atoms with van der Waals surface area (Å²) in [5, 5.41) is 1.77. The number of rotatable bonds is 8. The average Bonchev–Trinajstić information content (AvgIpc) is 2.84. The van der Waals surface area contributed by atoms with Gasteiger partial charge in [-0.15, -0.1) is 0 Å². The quantitative estimate of drug-likeness (QED) is 0.158. The molecule has 0 aliphatic rings. The number of hydrogen-bond donors (Lipinski definition) is 0. The zero-order chi connectivity index (χ0) is 28.3. The van der Waals surface area contributed by atoms with Crippen molar-refractivity contribution in [2.45, 2.75) is 27.7 Å². The molecule has 3 aromatic carbocycles. The fourth-order valence-electron chi connectivity index (χ4n) is 3.20. The Morgan fingerprint density at radius 3 is 1.37 bits per heavy atom. The first kappa shape index (κ1) is 27.6. The second-order valence-corrected chi connectivity index (χ2v) is 8.78. The van der Waals surface area contributed by atoms with Crippen molar-refractivity contribution < 1.29 is 38.1 Å². The van der Waals surface area contributed by atoms with E-state index >= 15 is 0 Å². The Bertz CT molecular complexity index is 1590. The van der Waals surface area contributed by atoms with Crippen molar-refractivity contribution in [3.8, 4) is 23.0 Å². The molecule has 0 radical (unpaired) electrons. The van der Waals surface area contributed by atoms with Crippen LogP contribution in [0.1, 0.15) is 27.7 Å². The highest BCUT2D eigenvalue weighted by Crippen LogP contribution is 2.42. The van der Waals surface area contributed by atoms with Gasteiger partial charge in [0.2, 0.25) is 0 Å². The Morgan fingerprint density at radius 1 is 0.474 bits per heavy atom. The van der Waals surface area contributed by atoms with Gasteiger partial charge in [0.25, 0.3) is 0 Å². The predicted molar refractivity (Wildman–Crippen MR) is 143 cm³/mol. The lowest BCUT2D eigenvalue weighted by Crippen LogP contribution is -2.11. The van der Waals surface area contributed by atoms with Gasteiger partial charge in [-0.25, -0.2) is 19.2 Å². The SMILES string of the molecule is C=C(C)C(=O)Oc1ccc2c(c1)c(OC(=O)C(=C)C)cc1c(OC(=O)C(=C)C)cc(OC(=O)C(=C)C)cc12. The number of carbonyl (C=O) groups is 4. The van der Waals surface area contributed by atoms with Crippen molar-refractivity contribution in [3.05, 3.63) is 85.0 Å². The van der Waals surface area contributed by atoms with E-state index in [1.807, 2.05) is 0 Å². The van der Waals surface area contributed by atoms with Crippen molar-refractivity contribution in [3.63, 3.8) is 0 Å². The molecule has 0 saturated carbocycles. The zero-order valence-electron chi connectivity index (χ0n) is 21.6. The van der Waals surface area contributed by atoms with Crippen molar-refractivity contribution in [2.75, 3.05) is 0 Å². The highest BCUT2D eigenvalue weighted by Gasteiger charge is 2.20. The maximum atomic E-state index is 12.5. The minimum Gasteiger partial charge on any atom is -0.423 e. The predicted octanol–water partition coefficient (Wildman–Crippen LogP) is 5.92. The Kier molecular flexibility index (Phi) is 7.96. The van der Waals surface area contributed by atoms with Crippen LogP contribution in [0.3, 0.4) is 0 Å². The summed E-state index contributed by atoms with van der Waals surface area (Å²) >= 11 is 0. The summed E-state index contributed by atoms with van der Waals surface area (Å²) in [6.45, 7) is 20.4.